The van der Waals surface area contributed by atoms with E-state index in [4.69, 9.17) is 14.3 Å². The Kier molecular flexibility index (Phi) is 6.01. The minimum absolute atomic E-state index is 0. The first-order valence-electron chi connectivity index (χ1n) is 7.06. The van der Waals surface area contributed by atoms with Crippen LogP contribution in [0, 0.1) is 0 Å². The van der Waals surface area contributed by atoms with Crippen molar-refractivity contribution >= 4 is 27.9 Å². The molecule has 0 spiro atoms. The Hall–Kier alpha value is -1.86. The number of aliphatic hydroxyl groups is 1. The zero-order chi connectivity index (χ0) is 16.4. The normalized spacial score (nSPS) is 10.5. The number of rotatable bonds is 5. The fourth-order valence-electron chi connectivity index (χ4n) is 2.30. The van der Waals surface area contributed by atoms with Crippen molar-refractivity contribution in [1.82, 2.24) is 0 Å². The van der Waals surface area contributed by atoms with Crippen LogP contribution >= 0.6 is 0 Å². The summed E-state index contributed by atoms with van der Waals surface area (Å²) in [6, 6.07) is 8.81. The molecule has 1 heterocycles. The molecule has 0 aliphatic heterocycles. The summed E-state index contributed by atoms with van der Waals surface area (Å²) in [5, 5.41) is 20.3. The van der Waals surface area contributed by atoms with Gasteiger partial charge in [-0.25, -0.2) is 0 Å². The summed E-state index contributed by atoms with van der Waals surface area (Å²) >= 11 is 0. The van der Waals surface area contributed by atoms with Crippen molar-refractivity contribution in [2.75, 3.05) is 13.2 Å². The van der Waals surface area contributed by atoms with E-state index in [0.29, 0.717) is 29.7 Å². The first kappa shape index (κ1) is 18.5. The molecule has 0 saturated carbocycles. The van der Waals surface area contributed by atoms with Crippen LogP contribution in [0.5, 0.6) is 5.75 Å². The topological polar surface area (TPSA) is 99.8 Å². The smallest absolute Gasteiger partial charge is 0.545 e. The van der Waals surface area contributed by atoms with Gasteiger partial charge in [0, 0.05) is 18.6 Å². The monoisotopic (exact) mass is 336 g/mol. The molecule has 3 aromatic rings. The summed E-state index contributed by atoms with van der Waals surface area (Å²) in [5.41, 5.74) is 0.216. The van der Waals surface area contributed by atoms with Crippen molar-refractivity contribution in [3.63, 3.8) is 0 Å². The van der Waals surface area contributed by atoms with Crippen LogP contribution in [0.15, 0.2) is 45.6 Å². The fourth-order valence-corrected chi connectivity index (χ4v) is 2.30. The van der Waals surface area contributed by atoms with Crippen molar-refractivity contribution in [2.45, 2.75) is 6.42 Å². The van der Waals surface area contributed by atoms with Crippen LogP contribution in [0.3, 0.4) is 0 Å². The Morgan fingerprint density at radius 3 is 2.62 bits per heavy atom. The van der Waals surface area contributed by atoms with Crippen LogP contribution in [-0.4, -0.2) is 24.3 Å². The average molecular weight is 336 g/mol. The zero-order valence-corrected chi connectivity index (χ0v) is 15.1. The van der Waals surface area contributed by atoms with E-state index in [1.807, 2.05) is 0 Å². The third-order valence-corrected chi connectivity index (χ3v) is 3.45. The van der Waals surface area contributed by atoms with Crippen molar-refractivity contribution < 1.29 is 53.7 Å². The fraction of sp³-hybridized carbons (Fsp3) is 0.176. The molecule has 24 heavy (non-hydrogen) atoms. The van der Waals surface area contributed by atoms with Gasteiger partial charge in [0.05, 0.1) is 23.3 Å². The van der Waals surface area contributed by atoms with Crippen molar-refractivity contribution in [3.8, 4) is 5.75 Å². The molecule has 0 atom stereocenters. The number of aromatic carboxylic acids is 1. The number of fused-ring (bicyclic) bond motifs is 2. The molecule has 0 saturated heterocycles. The number of benzene rings is 2. The van der Waals surface area contributed by atoms with Crippen molar-refractivity contribution in [3.05, 3.63) is 52.2 Å². The average Bonchev–Trinajstić information content (AvgIpc) is 2.55. The number of ether oxygens (including phenoxy) is 1. The van der Waals surface area contributed by atoms with Crippen LogP contribution in [0.25, 0.3) is 21.9 Å². The predicted molar refractivity (Wildman–Crippen MR) is 81.5 cm³/mol. The molecule has 0 radical (unpaired) electrons. The molecule has 0 fully saturated rings. The first-order chi connectivity index (χ1) is 11.1. The quantitative estimate of drug-likeness (QED) is 0.331. The zero-order valence-electron chi connectivity index (χ0n) is 13.1. The Balaban J connectivity index is 0.00000208. The molecule has 118 valence electrons. The number of carboxylic acids is 1. The van der Waals surface area contributed by atoms with E-state index in [1.54, 1.807) is 18.2 Å². The van der Waals surface area contributed by atoms with Crippen LogP contribution in [0.1, 0.15) is 16.8 Å². The van der Waals surface area contributed by atoms with Gasteiger partial charge in [-0.2, -0.15) is 0 Å². The second-order valence-electron chi connectivity index (χ2n) is 5.01. The van der Waals surface area contributed by atoms with Crippen LogP contribution in [0.2, 0.25) is 0 Å². The number of hydrogen-bond donors (Lipinski definition) is 1. The van der Waals surface area contributed by atoms with E-state index in [-0.39, 0.29) is 58.1 Å². The minimum atomic E-state index is -1.33. The van der Waals surface area contributed by atoms with E-state index in [2.05, 4.69) is 0 Å². The second-order valence-corrected chi connectivity index (χ2v) is 5.01. The summed E-state index contributed by atoms with van der Waals surface area (Å²) in [6.45, 7) is 0.372. The summed E-state index contributed by atoms with van der Waals surface area (Å²) in [7, 11) is 0. The molecule has 1 N–H and O–H groups in total. The molecule has 0 bridgehead atoms. The maximum absolute atomic E-state index is 12.5. The molecule has 1 aromatic heterocycles. The van der Waals surface area contributed by atoms with Gasteiger partial charge >= 0.3 is 29.6 Å². The Morgan fingerprint density at radius 2 is 1.92 bits per heavy atom. The van der Waals surface area contributed by atoms with Gasteiger partial charge in [0.15, 0.2) is 0 Å². The van der Waals surface area contributed by atoms with Gasteiger partial charge < -0.3 is 24.2 Å². The van der Waals surface area contributed by atoms with Gasteiger partial charge in [-0.3, -0.25) is 4.79 Å². The molecule has 3 rings (SSSR count). The molecule has 0 aliphatic carbocycles. The van der Waals surface area contributed by atoms with E-state index in [0.717, 1.165) is 0 Å². The number of carbonyl (C=O) groups excluding carboxylic acids is 1. The maximum atomic E-state index is 12.5. The number of hydrogen-bond acceptors (Lipinski definition) is 6. The van der Waals surface area contributed by atoms with Gasteiger partial charge in [0.25, 0.3) is 0 Å². The van der Waals surface area contributed by atoms with E-state index in [1.165, 1.54) is 18.2 Å². The van der Waals surface area contributed by atoms with Gasteiger partial charge in [-0.05, 0) is 30.3 Å². The Bertz CT molecular complexity index is 947. The van der Waals surface area contributed by atoms with Gasteiger partial charge in [0.1, 0.15) is 16.9 Å². The molecule has 7 heteroatoms. The van der Waals surface area contributed by atoms with Crippen LogP contribution in [-0.2, 0) is 0 Å². The molecular weight excluding hydrogens is 323 g/mol. The molecule has 0 amide bonds. The number of carboxylic acid groups (broad SMARTS) is 1. The Morgan fingerprint density at radius 1 is 1.12 bits per heavy atom. The van der Waals surface area contributed by atoms with E-state index < -0.39 is 5.97 Å². The van der Waals surface area contributed by atoms with Crippen molar-refractivity contribution in [1.29, 1.82) is 0 Å². The largest absolute Gasteiger partial charge is 1.00 e. The van der Waals surface area contributed by atoms with Crippen LogP contribution < -0.4 is 44.8 Å². The summed E-state index contributed by atoms with van der Waals surface area (Å²) in [4.78, 5) is 23.4. The SMILES string of the molecule is O=C([O-])c1ccc2c(=O)c3cc(OCCCO)ccc3oc2c1.[Na+]. The standard InChI is InChI=1S/C17H14O6.Na/c18-6-1-7-22-11-3-5-14-13(9-11)16(19)12-4-2-10(17(20)21)8-15(12)23-14;/h2-5,8-9,18H,1,6-7H2,(H,20,21);/q;+1/p-1. The van der Waals surface area contributed by atoms with Gasteiger partial charge in [0.2, 0.25) is 5.43 Å². The van der Waals surface area contributed by atoms with Gasteiger partial charge in [-0.15, -0.1) is 0 Å². The third-order valence-electron chi connectivity index (χ3n) is 3.45. The molecule has 2 aromatic carbocycles. The summed E-state index contributed by atoms with van der Waals surface area (Å²) in [5.74, 6) is -0.828. The van der Waals surface area contributed by atoms with Crippen LogP contribution in [0.4, 0.5) is 0 Å². The third kappa shape index (κ3) is 3.62. The predicted octanol–water partition coefficient (Wildman–Crippen LogP) is -1.93. The Labute approximate surface area is 158 Å². The molecular formula is C17H13NaO6. The second kappa shape index (κ2) is 7.81. The first-order valence-corrected chi connectivity index (χ1v) is 7.06. The molecule has 0 aliphatic rings. The van der Waals surface area contributed by atoms with E-state index >= 15 is 0 Å². The minimum Gasteiger partial charge on any atom is -0.545 e. The molecule has 6 nitrogen and oxygen atoms in total. The summed E-state index contributed by atoms with van der Waals surface area (Å²) in [6.07, 6.45) is 0.496. The van der Waals surface area contributed by atoms with Crippen molar-refractivity contribution in [2.24, 2.45) is 0 Å². The van der Waals surface area contributed by atoms with Gasteiger partial charge in [-0.1, -0.05) is 6.07 Å². The summed E-state index contributed by atoms with van der Waals surface area (Å²) < 4.78 is 11.1. The number of carbonyl (C=O) groups is 1. The maximum Gasteiger partial charge on any atom is 1.00 e. The van der Waals surface area contributed by atoms with E-state index in [9.17, 15) is 14.7 Å². The number of aliphatic hydroxyl groups excluding tert-OH is 1. The molecule has 0 unspecified atom stereocenters.